The van der Waals surface area contributed by atoms with Crippen molar-refractivity contribution in [2.24, 2.45) is 5.92 Å². The molecule has 1 aromatic rings. The highest BCUT2D eigenvalue weighted by Crippen LogP contribution is 2.35. The van der Waals surface area contributed by atoms with E-state index in [0.717, 1.165) is 5.56 Å². The molecule has 1 N–H and O–H groups in total. The molecule has 1 saturated carbocycles. The van der Waals surface area contributed by atoms with Crippen LogP contribution in [0.3, 0.4) is 0 Å². The number of benzene rings is 1. The lowest BCUT2D eigenvalue weighted by molar-refractivity contribution is -0.123. The second-order valence-electron chi connectivity index (χ2n) is 6.30. The minimum Gasteiger partial charge on any atom is -0.348 e. The minimum absolute atomic E-state index is 0.0627. The lowest BCUT2D eigenvalue weighted by Crippen LogP contribution is -2.43. The van der Waals surface area contributed by atoms with Crippen molar-refractivity contribution in [3.05, 3.63) is 35.6 Å². The van der Waals surface area contributed by atoms with E-state index >= 15 is 0 Å². The van der Waals surface area contributed by atoms with E-state index in [-0.39, 0.29) is 17.8 Å². The molecule has 1 aliphatic carbocycles. The number of nitrogens with zero attached hydrogens (tertiary/aromatic N) is 2. The molecule has 0 spiro atoms. The summed E-state index contributed by atoms with van der Waals surface area (Å²) in [6.07, 6.45) is 2.84. The summed E-state index contributed by atoms with van der Waals surface area (Å²) in [4.78, 5) is 14.4. The Bertz CT molecular complexity index is 563. The highest BCUT2D eigenvalue weighted by molar-refractivity contribution is 5.78. The van der Waals surface area contributed by atoms with Crippen LogP contribution in [0.4, 0.5) is 4.39 Å². The molecule has 0 heterocycles. The second kappa shape index (κ2) is 8.07. The van der Waals surface area contributed by atoms with Crippen molar-refractivity contribution in [3.8, 4) is 6.07 Å². The van der Waals surface area contributed by atoms with E-state index in [0.29, 0.717) is 31.5 Å². The summed E-state index contributed by atoms with van der Waals surface area (Å²) in [6.45, 7) is 4.93. The average molecular weight is 317 g/mol. The first-order valence-corrected chi connectivity index (χ1v) is 8.17. The molecule has 1 aromatic carbocycles. The maximum absolute atomic E-state index is 13.0. The molecular weight excluding hydrogens is 293 g/mol. The number of nitrogens with one attached hydrogen (secondary N) is 1. The molecular formula is C18H24FN3O. The van der Waals surface area contributed by atoms with Gasteiger partial charge in [-0.2, -0.15) is 5.26 Å². The van der Waals surface area contributed by atoms with Crippen LogP contribution in [0.1, 0.15) is 44.7 Å². The normalized spacial score (nSPS) is 16.7. The molecule has 2 rings (SSSR count). The molecule has 1 aliphatic rings. The van der Waals surface area contributed by atoms with Gasteiger partial charge in [0.2, 0.25) is 5.91 Å². The maximum atomic E-state index is 13.0. The molecule has 5 heteroatoms. The Morgan fingerprint density at radius 2 is 2.04 bits per heavy atom. The number of carbonyl (C=O) groups is 1. The molecule has 124 valence electrons. The summed E-state index contributed by atoms with van der Waals surface area (Å²) in [7, 11) is 0. The van der Waals surface area contributed by atoms with E-state index in [2.05, 4.69) is 23.2 Å². The molecule has 2 atom stereocenters. The first kappa shape index (κ1) is 17.4. The quantitative estimate of drug-likeness (QED) is 0.802. The first-order valence-electron chi connectivity index (χ1n) is 8.17. The second-order valence-corrected chi connectivity index (χ2v) is 6.30. The summed E-state index contributed by atoms with van der Waals surface area (Å²) in [5.74, 6) is 0.302. The van der Waals surface area contributed by atoms with E-state index in [1.54, 1.807) is 12.1 Å². The van der Waals surface area contributed by atoms with E-state index in [1.807, 2.05) is 6.92 Å². The van der Waals surface area contributed by atoms with Gasteiger partial charge in [0.25, 0.3) is 0 Å². The monoisotopic (exact) mass is 317 g/mol. The highest BCUT2D eigenvalue weighted by atomic mass is 19.1. The van der Waals surface area contributed by atoms with Gasteiger partial charge in [-0.3, -0.25) is 9.69 Å². The molecule has 0 radical (unpaired) electrons. The van der Waals surface area contributed by atoms with Crippen molar-refractivity contribution in [2.45, 2.75) is 45.2 Å². The van der Waals surface area contributed by atoms with Crippen molar-refractivity contribution < 1.29 is 9.18 Å². The number of halogens is 1. The Morgan fingerprint density at radius 3 is 2.61 bits per heavy atom. The van der Waals surface area contributed by atoms with Gasteiger partial charge < -0.3 is 5.32 Å². The Morgan fingerprint density at radius 1 is 1.39 bits per heavy atom. The largest absolute Gasteiger partial charge is 0.348 e. The van der Waals surface area contributed by atoms with Gasteiger partial charge in [0.15, 0.2) is 0 Å². The molecule has 4 nitrogen and oxygen atoms in total. The van der Waals surface area contributed by atoms with Crippen molar-refractivity contribution in [2.75, 3.05) is 13.1 Å². The van der Waals surface area contributed by atoms with Crippen LogP contribution < -0.4 is 5.32 Å². The number of carbonyl (C=O) groups excluding carboxylic acids is 1. The summed E-state index contributed by atoms with van der Waals surface area (Å²) < 4.78 is 13.0. The van der Waals surface area contributed by atoms with Gasteiger partial charge in [0, 0.05) is 19.0 Å². The zero-order valence-electron chi connectivity index (χ0n) is 13.8. The number of rotatable bonds is 8. The van der Waals surface area contributed by atoms with Gasteiger partial charge in [-0.05, 0) is 50.3 Å². The zero-order chi connectivity index (χ0) is 16.8. The van der Waals surface area contributed by atoms with Crippen molar-refractivity contribution in [1.82, 2.24) is 10.2 Å². The fourth-order valence-electron chi connectivity index (χ4n) is 2.80. The van der Waals surface area contributed by atoms with Crippen molar-refractivity contribution in [3.63, 3.8) is 0 Å². The predicted octanol–water partition coefficient (Wildman–Crippen LogP) is 3.02. The molecule has 23 heavy (non-hydrogen) atoms. The van der Waals surface area contributed by atoms with Gasteiger partial charge in [-0.15, -0.1) is 0 Å². The number of hydrogen-bond donors (Lipinski definition) is 1. The van der Waals surface area contributed by atoms with E-state index in [4.69, 9.17) is 5.26 Å². The van der Waals surface area contributed by atoms with Crippen LogP contribution in [-0.2, 0) is 4.79 Å². The molecule has 0 saturated heterocycles. The Hall–Kier alpha value is -1.93. The third kappa shape index (κ3) is 5.33. The Labute approximate surface area is 137 Å². The predicted molar refractivity (Wildman–Crippen MR) is 86.9 cm³/mol. The number of hydrogen-bond acceptors (Lipinski definition) is 3. The zero-order valence-corrected chi connectivity index (χ0v) is 13.8. The van der Waals surface area contributed by atoms with E-state index in [9.17, 15) is 9.18 Å². The fourth-order valence-corrected chi connectivity index (χ4v) is 2.80. The van der Waals surface area contributed by atoms with Gasteiger partial charge in [-0.1, -0.05) is 12.1 Å². The van der Waals surface area contributed by atoms with Gasteiger partial charge >= 0.3 is 0 Å². The van der Waals surface area contributed by atoms with Crippen LogP contribution in [0.15, 0.2) is 24.3 Å². The van der Waals surface area contributed by atoms with Gasteiger partial charge in [0.1, 0.15) is 5.82 Å². The van der Waals surface area contributed by atoms with Crippen LogP contribution in [0.25, 0.3) is 0 Å². The summed E-state index contributed by atoms with van der Waals surface area (Å²) in [5.41, 5.74) is 0.874. The first-order chi connectivity index (χ1) is 11.0. The lowest BCUT2D eigenvalue weighted by atomic mass is 10.1. The van der Waals surface area contributed by atoms with Crippen molar-refractivity contribution >= 4 is 5.91 Å². The van der Waals surface area contributed by atoms with Crippen molar-refractivity contribution in [1.29, 1.82) is 5.26 Å². The third-order valence-corrected chi connectivity index (χ3v) is 4.49. The summed E-state index contributed by atoms with van der Waals surface area (Å²) >= 11 is 0. The molecule has 0 unspecified atom stereocenters. The van der Waals surface area contributed by atoms with Crippen LogP contribution in [0.2, 0.25) is 0 Å². The smallest absolute Gasteiger partial charge is 0.234 e. The highest BCUT2D eigenvalue weighted by Gasteiger charge is 2.32. The number of nitriles is 1. The number of amides is 1. The molecule has 0 aliphatic heterocycles. The molecule has 1 fully saturated rings. The van der Waals surface area contributed by atoms with Crippen LogP contribution in [0, 0.1) is 23.1 Å². The maximum Gasteiger partial charge on any atom is 0.234 e. The van der Waals surface area contributed by atoms with Gasteiger partial charge in [-0.25, -0.2) is 4.39 Å². The Balaban J connectivity index is 1.89. The van der Waals surface area contributed by atoms with Gasteiger partial charge in [0.05, 0.1) is 18.7 Å². The molecule has 0 bridgehead atoms. The standard InChI is InChI=1S/C18H24FN3O/c1-13(15-6-8-17(19)9-7-15)21-18(23)12-22(11-3-10-20)14(2)16-4-5-16/h6-9,13-14,16H,3-5,11-12H2,1-2H3,(H,21,23)/t13-,14+/m1/s1. The topological polar surface area (TPSA) is 56.1 Å². The summed E-state index contributed by atoms with van der Waals surface area (Å²) in [5, 5.41) is 11.7. The average Bonchev–Trinajstić information content (AvgIpc) is 3.36. The van der Waals surface area contributed by atoms with Crippen LogP contribution >= 0.6 is 0 Å². The molecule has 0 aromatic heterocycles. The minimum atomic E-state index is -0.284. The molecule has 1 amide bonds. The SMILES string of the molecule is C[C@@H](NC(=O)CN(CCC#N)[C@@H](C)C1CC1)c1ccc(F)cc1. The fraction of sp³-hybridized carbons (Fsp3) is 0.556. The Kier molecular flexibility index (Phi) is 6.12. The third-order valence-electron chi connectivity index (χ3n) is 4.49. The van der Waals surface area contributed by atoms with E-state index < -0.39 is 0 Å². The summed E-state index contributed by atoms with van der Waals surface area (Å²) in [6, 6.07) is 8.46. The van der Waals surface area contributed by atoms with Crippen LogP contribution in [-0.4, -0.2) is 29.9 Å². The van der Waals surface area contributed by atoms with Crippen LogP contribution in [0.5, 0.6) is 0 Å². The lowest BCUT2D eigenvalue weighted by Gasteiger charge is -2.28. The van der Waals surface area contributed by atoms with E-state index in [1.165, 1.54) is 25.0 Å².